The summed E-state index contributed by atoms with van der Waals surface area (Å²) in [4.78, 5) is 48.6. The molecule has 1 aliphatic rings. The quantitative estimate of drug-likeness (QED) is 0.725. The van der Waals surface area contributed by atoms with Crippen molar-refractivity contribution in [2.24, 2.45) is 5.92 Å². The average Bonchev–Trinajstić information content (AvgIpc) is 2.72. The third-order valence-corrected chi connectivity index (χ3v) is 4.35. The van der Waals surface area contributed by atoms with Gasteiger partial charge in [-0.05, 0) is 37.1 Å². The Morgan fingerprint density at radius 1 is 1.18 bits per heavy atom. The van der Waals surface area contributed by atoms with Crippen LogP contribution in [0.4, 0.5) is 5.69 Å². The number of benzene rings is 1. The van der Waals surface area contributed by atoms with Gasteiger partial charge in [-0.2, -0.15) is 5.26 Å². The number of nitriles is 1. The van der Waals surface area contributed by atoms with Crippen molar-refractivity contribution < 1.29 is 28.7 Å². The first kappa shape index (κ1) is 20.9. The molecular weight excluding hydrogens is 366 g/mol. The van der Waals surface area contributed by atoms with Gasteiger partial charge in [-0.15, -0.1) is 0 Å². The van der Waals surface area contributed by atoms with Gasteiger partial charge < -0.3 is 19.7 Å². The van der Waals surface area contributed by atoms with Crippen LogP contribution in [0.25, 0.3) is 0 Å². The molecule has 0 bridgehead atoms. The van der Waals surface area contributed by atoms with E-state index in [1.807, 2.05) is 0 Å². The van der Waals surface area contributed by atoms with Crippen LogP contribution in [0.15, 0.2) is 24.3 Å². The average molecular weight is 387 g/mol. The fraction of sp³-hybridized carbons (Fsp3) is 0.421. The molecule has 1 saturated heterocycles. The molecule has 0 aliphatic carbocycles. The molecular formula is C19H21N3O6. The third kappa shape index (κ3) is 5.81. The molecule has 0 spiro atoms. The molecule has 1 N–H and O–H groups in total. The van der Waals surface area contributed by atoms with Crippen molar-refractivity contribution in [3.63, 3.8) is 0 Å². The highest BCUT2D eigenvalue weighted by molar-refractivity contribution is 5.94. The van der Waals surface area contributed by atoms with E-state index in [0.717, 1.165) is 0 Å². The monoisotopic (exact) mass is 387 g/mol. The molecule has 1 aromatic carbocycles. The fourth-order valence-corrected chi connectivity index (χ4v) is 2.80. The number of nitrogens with one attached hydrogen (secondary N) is 1. The predicted molar refractivity (Wildman–Crippen MR) is 96.9 cm³/mol. The maximum atomic E-state index is 12.2. The number of amides is 2. The standard InChI is InChI=1S/C19H21N3O6/c1-27-18(25)14-7-10-22(11-8-14)17(24)12-28-19(26)13-2-4-15(5-3-13)21-16(23)6-9-20/h2-5,14H,6-8,10-12H2,1H3,(H,21,23). The summed E-state index contributed by atoms with van der Waals surface area (Å²) >= 11 is 0. The number of rotatable bonds is 6. The first-order valence-electron chi connectivity index (χ1n) is 8.74. The summed E-state index contributed by atoms with van der Waals surface area (Å²) in [5, 5.41) is 11.0. The maximum Gasteiger partial charge on any atom is 0.338 e. The molecule has 0 radical (unpaired) electrons. The normalized spacial score (nSPS) is 13.9. The molecule has 0 aromatic heterocycles. The van der Waals surface area contributed by atoms with Crippen LogP contribution in [0.3, 0.4) is 0 Å². The van der Waals surface area contributed by atoms with E-state index in [9.17, 15) is 19.2 Å². The Balaban J connectivity index is 1.79. The Morgan fingerprint density at radius 3 is 2.39 bits per heavy atom. The topological polar surface area (TPSA) is 126 Å². The van der Waals surface area contributed by atoms with E-state index >= 15 is 0 Å². The van der Waals surface area contributed by atoms with Gasteiger partial charge in [0.1, 0.15) is 6.42 Å². The summed E-state index contributed by atoms with van der Waals surface area (Å²) in [5.74, 6) is -1.90. The number of likely N-dealkylation sites (tertiary alicyclic amines) is 1. The lowest BCUT2D eigenvalue weighted by Crippen LogP contribution is -2.42. The van der Waals surface area contributed by atoms with Gasteiger partial charge in [0.15, 0.2) is 6.61 Å². The number of nitrogens with zero attached hydrogens (tertiary/aromatic N) is 2. The fourth-order valence-electron chi connectivity index (χ4n) is 2.80. The Labute approximate surface area is 162 Å². The van der Waals surface area contributed by atoms with E-state index in [1.165, 1.54) is 31.4 Å². The lowest BCUT2D eigenvalue weighted by Gasteiger charge is -2.30. The Kier molecular flexibility index (Phi) is 7.51. The van der Waals surface area contributed by atoms with E-state index in [-0.39, 0.29) is 36.4 Å². The Hall–Kier alpha value is -3.41. The van der Waals surface area contributed by atoms with Crippen molar-refractivity contribution in [3.8, 4) is 6.07 Å². The predicted octanol–water partition coefficient (Wildman–Crippen LogP) is 1.11. The van der Waals surface area contributed by atoms with Crippen LogP contribution >= 0.6 is 0 Å². The minimum Gasteiger partial charge on any atom is -0.469 e. The van der Waals surface area contributed by atoms with Crippen LogP contribution < -0.4 is 5.32 Å². The molecule has 9 heteroatoms. The first-order chi connectivity index (χ1) is 13.4. The van der Waals surface area contributed by atoms with Crippen LogP contribution in [-0.4, -0.2) is 55.5 Å². The van der Waals surface area contributed by atoms with Gasteiger partial charge in [-0.25, -0.2) is 4.79 Å². The van der Waals surface area contributed by atoms with Gasteiger partial charge in [0, 0.05) is 18.8 Å². The Bertz CT molecular complexity index is 776. The zero-order valence-corrected chi connectivity index (χ0v) is 15.5. The van der Waals surface area contributed by atoms with E-state index in [2.05, 4.69) is 5.32 Å². The molecule has 0 atom stereocenters. The minimum atomic E-state index is -0.660. The van der Waals surface area contributed by atoms with Crippen molar-refractivity contribution in [1.82, 2.24) is 4.90 Å². The van der Waals surface area contributed by atoms with Gasteiger partial charge in [0.05, 0.1) is 24.7 Å². The van der Waals surface area contributed by atoms with Gasteiger partial charge in [0.25, 0.3) is 5.91 Å². The highest BCUT2D eigenvalue weighted by Gasteiger charge is 2.28. The molecule has 1 fully saturated rings. The van der Waals surface area contributed by atoms with E-state index in [4.69, 9.17) is 14.7 Å². The molecule has 148 valence electrons. The first-order valence-corrected chi connectivity index (χ1v) is 8.74. The number of esters is 2. The minimum absolute atomic E-state index is 0.205. The van der Waals surface area contributed by atoms with E-state index in [1.54, 1.807) is 11.0 Å². The smallest absolute Gasteiger partial charge is 0.338 e. The van der Waals surface area contributed by atoms with Crippen LogP contribution in [0, 0.1) is 17.2 Å². The molecule has 0 unspecified atom stereocenters. The van der Waals surface area contributed by atoms with Crippen molar-refractivity contribution in [2.75, 3.05) is 32.1 Å². The molecule has 2 amide bonds. The van der Waals surface area contributed by atoms with Gasteiger partial charge in [0.2, 0.25) is 5.91 Å². The number of ether oxygens (including phenoxy) is 2. The van der Waals surface area contributed by atoms with Gasteiger partial charge in [-0.3, -0.25) is 14.4 Å². The summed E-state index contributed by atoms with van der Waals surface area (Å²) in [6, 6.07) is 7.66. The summed E-state index contributed by atoms with van der Waals surface area (Å²) in [6.45, 7) is 0.433. The number of anilines is 1. The maximum absolute atomic E-state index is 12.2. The Morgan fingerprint density at radius 2 is 1.82 bits per heavy atom. The molecule has 1 heterocycles. The summed E-state index contributed by atoms with van der Waals surface area (Å²) in [6.07, 6.45) is 0.777. The zero-order chi connectivity index (χ0) is 20.5. The number of carbonyl (C=O) groups excluding carboxylic acids is 4. The van der Waals surface area contributed by atoms with Crippen molar-refractivity contribution in [3.05, 3.63) is 29.8 Å². The highest BCUT2D eigenvalue weighted by Crippen LogP contribution is 2.18. The van der Waals surface area contributed by atoms with Crippen LogP contribution in [0.1, 0.15) is 29.6 Å². The van der Waals surface area contributed by atoms with Crippen LogP contribution in [0.5, 0.6) is 0 Å². The largest absolute Gasteiger partial charge is 0.469 e. The summed E-state index contributed by atoms with van der Waals surface area (Å²) < 4.78 is 9.75. The lowest BCUT2D eigenvalue weighted by molar-refractivity contribution is -0.149. The van der Waals surface area contributed by atoms with E-state index < -0.39 is 11.9 Å². The molecule has 9 nitrogen and oxygen atoms in total. The molecule has 28 heavy (non-hydrogen) atoms. The summed E-state index contributed by atoms with van der Waals surface area (Å²) in [7, 11) is 1.34. The molecule has 1 aromatic rings. The third-order valence-electron chi connectivity index (χ3n) is 4.35. The van der Waals surface area contributed by atoms with Gasteiger partial charge >= 0.3 is 11.9 Å². The van der Waals surface area contributed by atoms with Crippen molar-refractivity contribution >= 4 is 29.4 Å². The second-order valence-electron chi connectivity index (χ2n) is 6.21. The zero-order valence-electron chi connectivity index (χ0n) is 15.5. The second-order valence-corrected chi connectivity index (χ2v) is 6.21. The van der Waals surface area contributed by atoms with Crippen LogP contribution in [0.2, 0.25) is 0 Å². The molecule has 2 rings (SSSR count). The number of hydrogen-bond acceptors (Lipinski definition) is 7. The molecule has 0 saturated carbocycles. The van der Waals surface area contributed by atoms with Crippen molar-refractivity contribution in [1.29, 1.82) is 5.26 Å². The summed E-state index contributed by atoms with van der Waals surface area (Å²) in [5.41, 5.74) is 0.678. The van der Waals surface area contributed by atoms with Crippen LogP contribution in [-0.2, 0) is 23.9 Å². The van der Waals surface area contributed by atoms with Crippen molar-refractivity contribution in [2.45, 2.75) is 19.3 Å². The second kappa shape index (κ2) is 10.1. The number of piperidine rings is 1. The molecule has 1 aliphatic heterocycles. The number of hydrogen-bond donors (Lipinski definition) is 1. The number of methoxy groups -OCH3 is 1. The lowest BCUT2D eigenvalue weighted by atomic mass is 9.97. The number of carbonyl (C=O) groups is 4. The van der Waals surface area contributed by atoms with Gasteiger partial charge in [-0.1, -0.05) is 0 Å². The SMILES string of the molecule is COC(=O)C1CCN(C(=O)COC(=O)c2ccc(NC(=O)CC#N)cc2)CC1. The van der Waals surface area contributed by atoms with E-state index in [0.29, 0.717) is 31.6 Å². The highest BCUT2D eigenvalue weighted by atomic mass is 16.5.